The first-order valence-electron chi connectivity index (χ1n) is 15.3. The van der Waals surface area contributed by atoms with E-state index in [2.05, 4.69) is 42.5 Å². The molecule has 3 aromatic carbocycles. The standard InChI is InChI=1S/C36H44O6/c1-4-14-29(15-5-1)25-37-28-34-36(41-27-31-18-8-3-9-19-31)33(40-26-30-16-6-2-7-17-30)24-32(42-34)20-10-12-22-38-35-21-11-13-23-39-35/h1-9,14-20,33-36H,10-13,21-28H2/b32-20+/t33-,34-,35?,36+/m1/s1. The lowest BCUT2D eigenvalue weighted by Crippen LogP contribution is -2.48. The van der Waals surface area contributed by atoms with E-state index in [1.54, 1.807) is 0 Å². The van der Waals surface area contributed by atoms with Gasteiger partial charge in [-0.05, 0) is 54.9 Å². The zero-order valence-electron chi connectivity index (χ0n) is 24.5. The van der Waals surface area contributed by atoms with Crippen LogP contribution in [0.15, 0.2) is 103 Å². The lowest BCUT2D eigenvalue weighted by Gasteiger charge is -2.39. The van der Waals surface area contributed by atoms with Gasteiger partial charge in [0.2, 0.25) is 0 Å². The van der Waals surface area contributed by atoms with Crippen LogP contribution < -0.4 is 0 Å². The Balaban J connectivity index is 1.25. The van der Waals surface area contributed by atoms with Crippen molar-refractivity contribution < 1.29 is 28.4 Å². The molecule has 6 nitrogen and oxygen atoms in total. The minimum absolute atomic E-state index is 0.0539. The first-order valence-corrected chi connectivity index (χ1v) is 15.3. The van der Waals surface area contributed by atoms with Gasteiger partial charge in [-0.1, -0.05) is 91.0 Å². The highest BCUT2D eigenvalue weighted by Gasteiger charge is 2.39. The molecular weight excluding hydrogens is 528 g/mol. The summed E-state index contributed by atoms with van der Waals surface area (Å²) in [4.78, 5) is 0. The normalized spacial score (nSPS) is 23.5. The van der Waals surface area contributed by atoms with Gasteiger partial charge in [-0.25, -0.2) is 0 Å². The van der Waals surface area contributed by atoms with Crippen molar-refractivity contribution in [2.75, 3.05) is 19.8 Å². The number of ether oxygens (including phenoxy) is 6. The van der Waals surface area contributed by atoms with Crippen LogP contribution in [0.1, 0.15) is 55.2 Å². The molecule has 3 aromatic rings. The molecule has 2 saturated heterocycles. The van der Waals surface area contributed by atoms with Crippen molar-refractivity contribution >= 4 is 0 Å². The third-order valence-electron chi connectivity index (χ3n) is 7.59. The molecule has 2 heterocycles. The summed E-state index contributed by atoms with van der Waals surface area (Å²) in [6.45, 7) is 3.38. The molecule has 0 amide bonds. The van der Waals surface area contributed by atoms with E-state index in [1.807, 2.05) is 54.6 Å². The number of unbranched alkanes of at least 4 members (excludes halogenated alkanes) is 1. The van der Waals surface area contributed by atoms with Gasteiger partial charge in [0.15, 0.2) is 12.4 Å². The quantitative estimate of drug-likeness (QED) is 0.177. The van der Waals surface area contributed by atoms with E-state index < -0.39 is 0 Å². The molecule has 224 valence electrons. The Morgan fingerprint density at radius 3 is 2.00 bits per heavy atom. The molecule has 0 radical (unpaired) electrons. The highest BCUT2D eigenvalue weighted by molar-refractivity contribution is 5.16. The molecule has 6 heteroatoms. The maximum Gasteiger partial charge on any atom is 0.157 e. The predicted octanol–water partition coefficient (Wildman–Crippen LogP) is 7.37. The van der Waals surface area contributed by atoms with E-state index in [4.69, 9.17) is 28.4 Å². The van der Waals surface area contributed by atoms with Gasteiger partial charge >= 0.3 is 0 Å². The number of hydrogen-bond donors (Lipinski definition) is 0. The fourth-order valence-corrected chi connectivity index (χ4v) is 5.31. The Kier molecular flexibility index (Phi) is 12.5. The predicted molar refractivity (Wildman–Crippen MR) is 162 cm³/mol. The van der Waals surface area contributed by atoms with Crippen LogP contribution in [-0.4, -0.2) is 44.4 Å². The number of allylic oxidation sites excluding steroid dienone is 1. The van der Waals surface area contributed by atoms with Crippen LogP contribution in [0.5, 0.6) is 0 Å². The minimum atomic E-state index is -0.301. The number of benzene rings is 3. The number of rotatable bonds is 15. The Morgan fingerprint density at radius 2 is 1.36 bits per heavy atom. The lowest BCUT2D eigenvalue weighted by atomic mass is 9.99. The Bertz CT molecular complexity index is 1160. The largest absolute Gasteiger partial charge is 0.490 e. The van der Waals surface area contributed by atoms with E-state index in [1.165, 1.54) is 6.42 Å². The maximum atomic E-state index is 6.57. The maximum absolute atomic E-state index is 6.57. The van der Waals surface area contributed by atoms with Crippen LogP contribution in [0.25, 0.3) is 0 Å². The highest BCUT2D eigenvalue weighted by atomic mass is 16.7. The van der Waals surface area contributed by atoms with Gasteiger partial charge in [0.05, 0.1) is 44.9 Å². The first-order chi connectivity index (χ1) is 20.8. The van der Waals surface area contributed by atoms with Crippen LogP contribution in [-0.2, 0) is 48.2 Å². The van der Waals surface area contributed by atoms with Crippen LogP contribution in [0, 0.1) is 0 Å². The van der Waals surface area contributed by atoms with E-state index in [-0.39, 0.29) is 24.6 Å². The molecule has 2 aliphatic heterocycles. The summed E-state index contributed by atoms with van der Waals surface area (Å²) in [5.41, 5.74) is 3.38. The van der Waals surface area contributed by atoms with Crippen LogP contribution in [0.2, 0.25) is 0 Å². The molecule has 5 rings (SSSR count). The summed E-state index contributed by atoms with van der Waals surface area (Å²) in [5, 5.41) is 0. The first kappa shape index (κ1) is 30.5. The molecule has 0 saturated carbocycles. The lowest BCUT2D eigenvalue weighted by molar-refractivity contribution is -0.178. The molecule has 0 aliphatic carbocycles. The molecule has 0 spiro atoms. The van der Waals surface area contributed by atoms with E-state index in [9.17, 15) is 0 Å². The van der Waals surface area contributed by atoms with Gasteiger partial charge in [0.25, 0.3) is 0 Å². The SMILES string of the molecule is C(/CCCOC1CCCCO1)=C1/C[C@@H](OCc2ccccc2)[C@H](OCc2ccccc2)[C@@H](COCc2ccccc2)O1. The molecule has 2 fully saturated rings. The number of hydrogen-bond acceptors (Lipinski definition) is 6. The summed E-state index contributed by atoms with van der Waals surface area (Å²) < 4.78 is 37.5. The molecule has 0 aromatic heterocycles. The summed E-state index contributed by atoms with van der Waals surface area (Å²) >= 11 is 0. The van der Waals surface area contributed by atoms with Crippen LogP contribution >= 0.6 is 0 Å². The van der Waals surface area contributed by atoms with Gasteiger partial charge in [0.1, 0.15) is 6.10 Å². The summed E-state index contributed by atoms with van der Waals surface area (Å²) in [6, 6.07) is 30.7. The Hall–Kier alpha value is -3.00. The minimum Gasteiger partial charge on any atom is -0.490 e. The fraction of sp³-hybridized carbons (Fsp3) is 0.444. The fourth-order valence-electron chi connectivity index (χ4n) is 5.31. The summed E-state index contributed by atoms with van der Waals surface area (Å²) in [5.74, 6) is 0.926. The van der Waals surface area contributed by atoms with Crippen LogP contribution in [0.4, 0.5) is 0 Å². The summed E-state index contributed by atoms with van der Waals surface area (Å²) in [6.07, 6.45) is 7.07. The van der Waals surface area contributed by atoms with E-state index in [0.29, 0.717) is 39.5 Å². The molecule has 2 aliphatic rings. The second-order valence-corrected chi connectivity index (χ2v) is 10.9. The molecule has 1 unspecified atom stereocenters. The monoisotopic (exact) mass is 572 g/mol. The van der Waals surface area contributed by atoms with Crippen molar-refractivity contribution in [3.8, 4) is 0 Å². The second kappa shape index (κ2) is 17.2. The highest BCUT2D eigenvalue weighted by Crippen LogP contribution is 2.30. The molecule has 42 heavy (non-hydrogen) atoms. The Morgan fingerprint density at radius 1 is 0.714 bits per heavy atom. The Labute approximate surface area is 250 Å². The van der Waals surface area contributed by atoms with Crippen molar-refractivity contribution in [3.05, 3.63) is 120 Å². The van der Waals surface area contributed by atoms with Crippen molar-refractivity contribution in [2.45, 2.75) is 82.9 Å². The van der Waals surface area contributed by atoms with Crippen molar-refractivity contribution in [1.29, 1.82) is 0 Å². The average molecular weight is 573 g/mol. The molecular formula is C36H44O6. The van der Waals surface area contributed by atoms with Crippen LogP contribution in [0.3, 0.4) is 0 Å². The third-order valence-corrected chi connectivity index (χ3v) is 7.59. The zero-order valence-corrected chi connectivity index (χ0v) is 24.5. The van der Waals surface area contributed by atoms with Crippen molar-refractivity contribution in [3.63, 3.8) is 0 Å². The van der Waals surface area contributed by atoms with E-state index in [0.717, 1.165) is 54.7 Å². The van der Waals surface area contributed by atoms with Gasteiger partial charge in [0, 0.05) is 13.0 Å². The second-order valence-electron chi connectivity index (χ2n) is 10.9. The summed E-state index contributed by atoms with van der Waals surface area (Å²) in [7, 11) is 0. The van der Waals surface area contributed by atoms with Crippen molar-refractivity contribution in [1.82, 2.24) is 0 Å². The average Bonchev–Trinajstić information content (AvgIpc) is 3.05. The van der Waals surface area contributed by atoms with Crippen molar-refractivity contribution in [2.24, 2.45) is 0 Å². The smallest absolute Gasteiger partial charge is 0.157 e. The van der Waals surface area contributed by atoms with Gasteiger partial charge in [-0.2, -0.15) is 0 Å². The third kappa shape index (κ3) is 10.1. The molecule has 0 bridgehead atoms. The molecule has 4 atom stereocenters. The topological polar surface area (TPSA) is 55.4 Å². The van der Waals surface area contributed by atoms with Gasteiger partial charge in [-0.15, -0.1) is 0 Å². The molecule has 0 N–H and O–H groups in total. The van der Waals surface area contributed by atoms with E-state index >= 15 is 0 Å². The zero-order chi connectivity index (χ0) is 28.7. The van der Waals surface area contributed by atoms with Gasteiger partial charge in [-0.3, -0.25) is 0 Å². The van der Waals surface area contributed by atoms with Gasteiger partial charge < -0.3 is 28.4 Å².